The molecule has 0 amide bonds. The van der Waals surface area contributed by atoms with Gasteiger partial charge >= 0.3 is 0 Å². The van der Waals surface area contributed by atoms with Gasteiger partial charge in [0.05, 0.1) is 4.90 Å². The lowest BCUT2D eigenvalue weighted by molar-refractivity contribution is 0.563. The average Bonchev–Trinajstić information content (AvgIpc) is 2.84. The van der Waals surface area contributed by atoms with Crippen LogP contribution in [0.4, 0.5) is 0 Å². The summed E-state index contributed by atoms with van der Waals surface area (Å²) < 4.78 is 27.4. The second-order valence-electron chi connectivity index (χ2n) is 4.80. The summed E-state index contributed by atoms with van der Waals surface area (Å²) in [4.78, 5) is 0.361. The maximum absolute atomic E-state index is 12.3. The largest absolute Gasteiger partial charge is 0.316 e. The highest BCUT2D eigenvalue weighted by Crippen LogP contribution is 2.21. The van der Waals surface area contributed by atoms with E-state index in [9.17, 15) is 8.42 Å². The van der Waals surface area contributed by atoms with Crippen LogP contribution in [0.1, 0.15) is 17.5 Å². The van der Waals surface area contributed by atoms with E-state index in [-0.39, 0.29) is 6.04 Å². The van der Waals surface area contributed by atoms with E-state index in [1.807, 2.05) is 20.0 Å². The molecule has 0 spiro atoms. The minimum absolute atomic E-state index is 0.0732. The molecule has 0 aromatic heterocycles. The van der Waals surface area contributed by atoms with Gasteiger partial charge in [0.2, 0.25) is 10.0 Å². The molecule has 1 aliphatic rings. The highest BCUT2D eigenvalue weighted by atomic mass is 32.2. The Morgan fingerprint density at radius 3 is 2.84 bits per heavy atom. The third kappa shape index (κ3) is 3.72. The van der Waals surface area contributed by atoms with Crippen LogP contribution in [-0.4, -0.2) is 33.0 Å². The zero-order valence-electron chi connectivity index (χ0n) is 11.3. The van der Waals surface area contributed by atoms with Gasteiger partial charge in [-0.25, -0.2) is 13.1 Å². The fourth-order valence-electron chi connectivity index (χ4n) is 2.11. The van der Waals surface area contributed by atoms with Crippen molar-refractivity contribution in [1.29, 1.82) is 0 Å². The van der Waals surface area contributed by atoms with Gasteiger partial charge in [0.15, 0.2) is 0 Å². The standard InChI is InChI=1S/C13H20N2O2S2/c1-10-3-4-13(7-11(10)8-14-2)19(16,17)15-12-5-6-18-9-12/h3-4,7,12,14-15H,5-6,8-9H2,1-2H3. The molecule has 19 heavy (non-hydrogen) atoms. The normalized spacial score (nSPS) is 19.8. The summed E-state index contributed by atoms with van der Waals surface area (Å²) in [7, 11) is -1.54. The number of aryl methyl sites for hydroxylation is 1. The molecule has 2 rings (SSSR count). The Labute approximate surface area is 119 Å². The summed E-state index contributed by atoms with van der Waals surface area (Å²) in [6.45, 7) is 2.67. The number of hydrogen-bond acceptors (Lipinski definition) is 4. The van der Waals surface area contributed by atoms with Crippen LogP contribution in [0, 0.1) is 6.92 Å². The summed E-state index contributed by atoms with van der Waals surface area (Å²) in [6, 6.07) is 5.38. The Balaban J connectivity index is 2.21. The van der Waals surface area contributed by atoms with Crippen LogP contribution in [0.5, 0.6) is 0 Å². The van der Waals surface area contributed by atoms with Gasteiger partial charge < -0.3 is 5.32 Å². The van der Waals surface area contributed by atoms with Crippen LogP contribution in [0.2, 0.25) is 0 Å². The second kappa shape index (κ2) is 6.26. The molecule has 6 heteroatoms. The topological polar surface area (TPSA) is 58.2 Å². The third-order valence-electron chi connectivity index (χ3n) is 3.25. The number of benzene rings is 1. The molecule has 1 fully saturated rings. The van der Waals surface area contributed by atoms with Crippen LogP contribution in [0.25, 0.3) is 0 Å². The van der Waals surface area contributed by atoms with Crippen molar-refractivity contribution in [3.63, 3.8) is 0 Å². The molecule has 0 radical (unpaired) electrons. The smallest absolute Gasteiger partial charge is 0.240 e. The number of hydrogen-bond donors (Lipinski definition) is 2. The van der Waals surface area contributed by atoms with Crippen LogP contribution in [-0.2, 0) is 16.6 Å². The highest BCUT2D eigenvalue weighted by Gasteiger charge is 2.23. The fraction of sp³-hybridized carbons (Fsp3) is 0.538. The van der Waals surface area contributed by atoms with Crippen LogP contribution in [0.3, 0.4) is 0 Å². The minimum atomic E-state index is -3.39. The molecule has 1 saturated heterocycles. The van der Waals surface area contributed by atoms with E-state index in [4.69, 9.17) is 0 Å². The van der Waals surface area contributed by atoms with Gasteiger partial charge in [-0.05, 0) is 49.4 Å². The number of thioether (sulfide) groups is 1. The molecule has 1 aliphatic heterocycles. The molecule has 0 saturated carbocycles. The van der Waals surface area contributed by atoms with E-state index in [0.29, 0.717) is 11.4 Å². The SMILES string of the molecule is CNCc1cc(S(=O)(=O)NC2CCSC2)ccc1C. The van der Waals surface area contributed by atoms with E-state index in [0.717, 1.165) is 29.1 Å². The summed E-state index contributed by atoms with van der Waals surface area (Å²) in [6.07, 6.45) is 0.916. The summed E-state index contributed by atoms with van der Waals surface area (Å²) in [5, 5.41) is 3.06. The minimum Gasteiger partial charge on any atom is -0.316 e. The predicted octanol–water partition coefficient (Wildman–Crippen LogP) is 1.50. The third-order valence-corrected chi connectivity index (χ3v) is 5.93. The van der Waals surface area contributed by atoms with Crippen molar-refractivity contribution in [1.82, 2.24) is 10.0 Å². The molecule has 1 heterocycles. The lowest BCUT2D eigenvalue weighted by Gasteiger charge is -2.13. The van der Waals surface area contributed by atoms with Gasteiger partial charge in [-0.1, -0.05) is 6.07 Å². The molecule has 1 unspecified atom stereocenters. The van der Waals surface area contributed by atoms with Gasteiger partial charge in [0.25, 0.3) is 0 Å². The van der Waals surface area contributed by atoms with Crippen molar-refractivity contribution in [3.8, 4) is 0 Å². The van der Waals surface area contributed by atoms with Gasteiger partial charge in [-0.3, -0.25) is 0 Å². The molecule has 0 aliphatic carbocycles. The van der Waals surface area contributed by atoms with E-state index in [1.54, 1.807) is 23.9 Å². The van der Waals surface area contributed by atoms with Crippen molar-refractivity contribution in [2.75, 3.05) is 18.6 Å². The molecular weight excluding hydrogens is 280 g/mol. The van der Waals surface area contributed by atoms with Crippen molar-refractivity contribution in [3.05, 3.63) is 29.3 Å². The molecule has 1 aromatic rings. The summed E-state index contributed by atoms with van der Waals surface area (Å²) in [5.74, 6) is 1.90. The molecule has 1 atom stereocenters. The predicted molar refractivity (Wildman–Crippen MR) is 80.0 cm³/mol. The monoisotopic (exact) mass is 300 g/mol. The fourth-order valence-corrected chi connectivity index (χ4v) is 4.69. The maximum atomic E-state index is 12.3. The Hall–Kier alpha value is -0.560. The van der Waals surface area contributed by atoms with Crippen molar-refractivity contribution in [2.24, 2.45) is 0 Å². The van der Waals surface area contributed by atoms with E-state index < -0.39 is 10.0 Å². The first-order chi connectivity index (χ1) is 9.03. The second-order valence-corrected chi connectivity index (χ2v) is 7.66. The average molecular weight is 300 g/mol. The Bertz CT molecular complexity index is 538. The summed E-state index contributed by atoms with van der Waals surface area (Å²) >= 11 is 1.79. The molecule has 1 aromatic carbocycles. The lowest BCUT2D eigenvalue weighted by atomic mass is 10.1. The Morgan fingerprint density at radius 1 is 1.42 bits per heavy atom. The number of sulfonamides is 1. The van der Waals surface area contributed by atoms with E-state index in [1.165, 1.54) is 0 Å². The van der Waals surface area contributed by atoms with Crippen molar-refractivity contribution in [2.45, 2.75) is 30.8 Å². The van der Waals surface area contributed by atoms with Gasteiger partial charge in [0, 0.05) is 18.3 Å². The maximum Gasteiger partial charge on any atom is 0.240 e. The van der Waals surface area contributed by atoms with E-state index >= 15 is 0 Å². The van der Waals surface area contributed by atoms with Gasteiger partial charge in [-0.15, -0.1) is 0 Å². The highest BCUT2D eigenvalue weighted by molar-refractivity contribution is 7.99. The van der Waals surface area contributed by atoms with Crippen LogP contribution >= 0.6 is 11.8 Å². The molecular formula is C13H20N2O2S2. The molecule has 106 valence electrons. The summed E-state index contributed by atoms with van der Waals surface area (Å²) in [5.41, 5.74) is 2.12. The first-order valence-corrected chi connectivity index (χ1v) is 9.01. The Kier molecular flexibility index (Phi) is 4.89. The first kappa shape index (κ1) is 14.8. The lowest BCUT2D eigenvalue weighted by Crippen LogP contribution is -2.34. The molecule has 4 nitrogen and oxygen atoms in total. The Morgan fingerprint density at radius 2 is 2.21 bits per heavy atom. The number of rotatable bonds is 5. The zero-order valence-corrected chi connectivity index (χ0v) is 12.9. The molecule has 2 N–H and O–H groups in total. The van der Waals surface area contributed by atoms with Gasteiger partial charge in [-0.2, -0.15) is 11.8 Å². The van der Waals surface area contributed by atoms with Crippen LogP contribution < -0.4 is 10.0 Å². The first-order valence-electron chi connectivity index (χ1n) is 6.37. The van der Waals surface area contributed by atoms with Crippen molar-refractivity contribution < 1.29 is 8.42 Å². The molecule has 0 bridgehead atoms. The van der Waals surface area contributed by atoms with Gasteiger partial charge in [0.1, 0.15) is 0 Å². The van der Waals surface area contributed by atoms with Crippen molar-refractivity contribution >= 4 is 21.8 Å². The van der Waals surface area contributed by atoms with Crippen LogP contribution in [0.15, 0.2) is 23.1 Å². The quantitative estimate of drug-likeness (QED) is 0.865. The zero-order chi connectivity index (χ0) is 13.9. The number of nitrogens with one attached hydrogen (secondary N) is 2. The van der Waals surface area contributed by atoms with E-state index in [2.05, 4.69) is 10.0 Å².